The molecule has 29 heavy (non-hydrogen) atoms. The minimum atomic E-state index is -0.406. The summed E-state index contributed by atoms with van der Waals surface area (Å²) in [4.78, 5) is 17.2. The number of fused-ring (bicyclic) bond motifs is 1. The van der Waals surface area contributed by atoms with E-state index < -0.39 is 5.91 Å². The number of nitrogens with zero attached hydrogens (tertiary/aromatic N) is 5. The summed E-state index contributed by atoms with van der Waals surface area (Å²) >= 11 is 0. The Morgan fingerprint density at radius 3 is 2.90 bits per heavy atom. The second-order valence-electron chi connectivity index (χ2n) is 6.56. The number of hydrogen-bond acceptors (Lipinski definition) is 6. The molecule has 0 unspecified atom stereocenters. The molecule has 3 N–H and O–H groups in total. The number of nitrogen functional groups attached to an aromatic ring is 1. The summed E-state index contributed by atoms with van der Waals surface area (Å²) in [5.41, 5.74) is 9.66. The fourth-order valence-corrected chi connectivity index (χ4v) is 3.25. The summed E-state index contributed by atoms with van der Waals surface area (Å²) in [6, 6.07) is 7.64. The molecule has 1 amide bonds. The first-order chi connectivity index (χ1) is 14.0. The van der Waals surface area contributed by atoms with E-state index in [1.165, 1.54) is 4.52 Å². The topological polar surface area (TPSA) is 112 Å². The lowest BCUT2D eigenvalue weighted by atomic mass is 10.0. The highest BCUT2D eigenvalue weighted by Crippen LogP contribution is 2.35. The number of methoxy groups -OCH3 is 1. The summed E-state index contributed by atoms with van der Waals surface area (Å²) < 4.78 is 8.63. The Kier molecular flexibility index (Phi) is 4.63. The molecule has 4 aromatic rings. The van der Waals surface area contributed by atoms with Gasteiger partial charge in [-0.2, -0.15) is 5.10 Å². The van der Waals surface area contributed by atoms with E-state index in [-0.39, 0.29) is 11.4 Å². The first-order valence-corrected chi connectivity index (χ1v) is 9.13. The monoisotopic (exact) mass is 391 g/mol. The van der Waals surface area contributed by atoms with Gasteiger partial charge in [-0.15, -0.1) is 5.10 Å². The van der Waals surface area contributed by atoms with Crippen LogP contribution in [0.5, 0.6) is 5.75 Å². The predicted octanol–water partition coefficient (Wildman–Crippen LogP) is 2.54. The molecular formula is C20H21N7O2. The fourth-order valence-electron chi connectivity index (χ4n) is 3.25. The van der Waals surface area contributed by atoms with E-state index in [9.17, 15) is 4.79 Å². The number of benzene rings is 1. The van der Waals surface area contributed by atoms with Crippen molar-refractivity contribution in [2.75, 3.05) is 18.2 Å². The lowest BCUT2D eigenvalue weighted by Crippen LogP contribution is -2.14. The predicted molar refractivity (Wildman–Crippen MR) is 110 cm³/mol. The minimum Gasteiger partial charge on any atom is -0.496 e. The van der Waals surface area contributed by atoms with Crippen molar-refractivity contribution < 1.29 is 9.53 Å². The molecule has 0 saturated heterocycles. The van der Waals surface area contributed by atoms with Gasteiger partial charge in [-0.3, -0.25) is 9.48 Å². The van der Waals surface area contributed by atoms with Crippen molar-refractivity contribution in [3.05, 3.63) is 54.0 Å². The van der Waals surface area contributed by atoms with Gasteiger partial charge in [0.2, 0.25) is 0 Å². The Morgan fingerprint density at radius 2 is 2.14 bits per heavy atom. The third-order valence-electron chi connectivity index (χ3n) is 4.65. The molecule has 3 heterocycles. The summed E-state index contributed by atoms with van der Waals surface area (Å²) in [5, 5.41) is 11.6. The van der Waals surface area contributed by atoms with Crippen molar-refractivity contribution in [3.63, 3.8) is 0 Å². The second-order valence-corrected chi connectivity index (χ2v) is 6.56. The van der Waals surface area contributed by atoms with E-state index in [1.54, 1.807) is 43.5 Å². The molecule has 0 aliphatic heterocycles. The Bertz CT molecular complexity index is 1210. The van der Waals surface area contributed by atoms with Crippen LogP contribution in [0.4, 0.5) is 11.5 Å². The maximum atomic E-state index is 13.0. The van der Waals surface area contributed by atoms with Crippen LogP contribution in [-0.4, -0.2) is 37.4 Å². The van der Waals surface area contributed by atoms with Gasteiger partial charge in [-0.1, -0.05) is 13.0 Å². The number of aromatic nitrogens is 5. The van der Waals surface area contributed by atoms with Crippen LogP contribution in [-0.2, 0) is 13.5 Å². The number of hydrogen-bond donors (Lipinski definition) is 2. The molecule has 148 valence electrons. The molecule has 3 aromatic heterocycles. The summed E-state index contributed by atoms with van der Waals surface area (Å²) in [5.74, 6) is 0.377. The van der Waals surface area contributed by atoms with E-state index in [4.69, 9.17) is 10.5 Å². The van der Waals surface area contributed by atoms with Crippen LogP contribution in [0.25, 0.3) is 16.9 Å². The smallest absolute Gasteiger partial charge is 0.263 e. The number of ether oxygens (including phenoxy) is 1. The van der Waals surface area contributed by atoms with Crippen molar-refractivity contribution in [2.45, 2.75) is 13.3 Å². The summed E-state index contributed by atoms with van der Waals surface area (Å²) in [6.07, 6.45) is 5.88. The van der Waals surface area contributed by atoms with Crippen LogP contribution in [0, 0.1) is 0 Å². The molecule has 0 radical (unpaired) electrons. The maximum Gasteiger partial charge on any atom is 0.263 e. The minimum absolute atomic E-state index is 0.109. The maximum absolute atomic E-state index is 13.0. The molecule has 9 nitrogen and oxygen atoms in total. The average Bonchev–Trinajstić information content (AvgIpc) is 3.25. The van der Waals surface area contributed by atoms with Crippen molar-refractivity contribution in [1.82, 2.24) is 24.4 Å². The number of anilines is 2. The quantitative estimate of drug-likeness (QED) is 0.541. The standard InChI is InChI=1S/C20H21N7O2/c1-4-12-6-7-15(29-3)13(10-12)17-14(11-26(2)24-17)23-20(28)16-18(21)25-27-9-5-8-22-19(16)27/h5-11H,4H2,1-3H3,(H2,21,25)(H,23,28). The molecule has 0 spiro atoms. The molecule has 0 atom stereocenters. The number of carbonyl (C=O) groups is 1. The van der Waals surface area contributed by atoms with E-state index in [1.807, 2.05) is 18.2 Å². The molecular weight excluding hydrogens is 370 g/mol. The Labute approximate surface area is 167 Å². The van der Waals surface area contributed by atoms with Gasteiger partial charge in [-0.05, 0) is 30.2 Å². The lowest BCUT2D eigenvalue weighted by Gasteiger charge is -2.10. The molecule has 1 aromatic carbocycles. The number of nitrogens with one attached hydrogen (secondary N) is 1. The largest absolute Gasteiger partial charge is 0.496 e. The van der Waals surface area contributed by atoms with Gasteiger partial charge < -0.3 is 15.8 Å². The highest BCUT2D eigenvalue weighted by molar-refractivity contribution is 6.12. The second kappa shape index (κ2) is 7.27. The van der Waals surface area contributed by atoms with Gasteiger partial charge in [-0.25, -0.2) is 9.50 Å². The Hall–Kier alpha value is -3.88. The van der Waals surface area contributed by atoms with Gasteiger partial charge in [0.15, 0.2) is 11.5 Å². The molecule has 4 rings (SSSR count). The van der Waals surface area contributed by atoms with Crippen LogP contribution < -0.4 is 15.8 Å². The van der Waals surface area contributed by atoms with Crippen LogP contribution in [0.1, 0.15) is 22.8 Å². The molecule has 0 fully saturated rings. The number of amides is 1. The third kappa shape index (κ3) is 3.27. The number of rotatable bonds is 5. The van der Waals surface area contributed by atoms with Crippen LogP contribution in [0.15, 0.2) is 42.9 Å². The molecule has 0 aliphatic rings. The van der Waals surface area contributed by atoms with Gasteiger partial charge >= 0.3 is 0 Å². The third-order valence-corrected chi connectivity index (χ3v) is 4.65. The number of nitrogens with two attached hydrogens (primary N) is 1. The van der Waals surface area contributed by atoms with Crippen LogP contribution >= 0.6 is 0 Å². The number of aryl methyl sites for hydroxylation is 2. The first kappa shape index (κ1) is 18.5. The van der Waals surface area contributed by atoms with E-state index in [0.717, 1.165) is 17.5 Å². The van der Waals surface area contributed by atoms with E-state index in [2.05, 4.69) is 27.4 Å². The van der Waals surface area contributed by atoms with Crippen molar-refractivity contribution in [3.8, 4) is 17.0 Å². The van der Waals surface area contributed by atoms with Crippen LogP contribution in [0.2, 0.25) is 0 Å². The van der Waals surface area contributed by atoms with Gasteiger partial charge in [0.05, 0.1) is 12.8 Å². The van der Waals surface area contributed by atoms with Crippen LogP contribution in [0.3, 0.4) is 0 Å². The van der Waals surface area contributed by atoms with Crippen molar-refractivity contribution >= 4 is 23.1 Å². The highest BCUT2D eigenvalue weighted by Gasteiger charge is 2.22. The molecule has 9 heteroatoms. The zero-order valence-electron chi connectivity index (χ0n) is 16.4. The number of carbonyl (C=O) groups excluding carboxylic acids is 1. The zero-order chi connectivity index (χ0) is 20.5. The zero-order valence-corrected chi connectivity index (χ0v) is 16.4. The molecule has 0 saturated carbocycles. The summed E-state index contributed by atoms with van der Waals surface area (Å²) in [6.45, 7) is 2.08. The van der Waals surface area contributed by atoms with Crippen molar-refractivity contribution in [1.29, 1.82) is 0 Å². The molecule has 0 aliphatic carbocycles. The summed E-state index contributed by atoms with van der Waals surface area (Å²) in [7, 11) is 3.40. The SMILES string of the molecule is CCc1ccc(OC)c(-c2nn(C)cc2NC(=O)c2c(N)nn3cccnc23)c1. The van der Waals surface area contributed by atoms with E-state index in [0.29, 0.717) is 22.8 Å². The van der Waals surface area contributed by atoms with E-state index >= 15 is 0 Å². The van der Waals surface area contributed by atoms with Gasteiger partial charge in [0, 0.05) is 31.2 Å². The fraction of sp³-hybridized carbons (Fsp3) is 0.200. The lowest BCUT2D eigenvalue weighted by molar-refractivity contribution is 0.102. The van der Waals surface area contributed by atoms with Gasteiger partial charge in [0.1, 0.15) is 17.0 Å². The Balaban J connectivity index is 1.76. The van der Waals surface area contributed by atoms with Gasteiger partial charge in [0.25, 0.3) is 5.91 Å². The first-order valence-electron chi connectivity index (χ1n) is 9.13. The average molecular weight is 391 g/mol. The molecule has 0 bridgehead atoms. The normalized spacial score (nSPS) is 11.0. The van der Waals surface area contributed by atoms with Crippen molar-refractivity contribution in [2.24, 2.45) is 7.05 Å². The highest BCUT2D eigenvalue weighted by atomic mass is 16.5. The Morgan fingerprint density at radius 1 is 1.31 bits per heavy atom.